The van der Waals surface area contributed by atoms with Crippen LogP contribution in [-0.4, -0.2) is 35.8 Å². The van der Waals surface area contributed by atoms with Crippen LogP contribution in [0.2, 0.25) is 0 Å². The summed E-state index contributed by atoms with van der Waals surface area (Å²) in [4.78, 5) is 40.9. The van der Waals surface area contributed by atoms with E-state index in [0.29, 0.717) is 12.1 Å². The van der Waals surface area contributed by atoms with E-state index in [-0.39, 0.29) is 12.5 Å². The second-order valence-electron chi connectivity index (χ2n) is 7.24. The van der Waals surface area contributed by atoms with Crippen LogP contribution in [0.3, 0.4) is 0 Å². The molecule has 0 aromatic heterocycles. The predicted octanol–water partition coefficient (Wildman–Crippen LogP) is 2.35. The summed E-state index contributed by atoms with van der Waals surface area (Å²) in [5, 5.41) is 2.75. The highest BCUT2D eigenvalue weighted by Gasteiger charge is 2.49. The number of nitrogens with zero attached hydrogens (tertiary/aromatic N) is 2. The van der Waals surface area contributed by atoms with Gasteiger partial charge < -0.3 is 10.2 Å². The second-order valence-corrected chi connectivity index (χ2v) is 7.24. The lowest BCUT2D eigenvalue weighted by Crippen LogP contribution is -2.44. The van der Waals surface area contributed by atoms with Crippen molar-refractivity contribution >= 4 is 23.5 Å². The Morgan fingerprint density at radius 2 is 1.81 bits per heavy atom. The lowest BCUT2D eigenvalue weighted by Gasteiger charge is -2.23. The van der Waals surface area contributed by atoms with Gasteiger partial charge in [0, 0.05) is 12.2 Å². The number of fused-ring (bicyclic) bond motifs is 1. The van der Waals surface area contributed by atoms with Gasteiger partial charge >= 0.3 is 6.03 Å². The summed E-state index contributed by atoms with van der Waals surface area (Å²) in [7, 11) is 0. The van der Waals surface area contributed by atoms with Crippen molar-refractivity contribution in [1.29, 1.82) is 0 Å². The Kier molecular flexibility index (Phi) is 3.98. The van der Waals surface area contributed by atoms with E-state index in [1.54, 1.807) is 11.8 Å². The summed E-state index contributed by atoms with van der Waals surface area (Å²) >= 11 is 0. The number of carbonyl (C=O) groups is 3. The number of anilines is 1. The van der Waals surface area contributed by atoms with Gasteiger partial charge in [-0.25, -0.2) is 4.79 Å². The first kappa shape index (κ1) is 17.3. The molecule has 6 heteroatoms. The van der Waals surface area contributed by atoms with Gasteiger partial charge in [-0.1, -0.05) is 48.0 Å². The highest BCUT2D eigenvalue weighted by Crippen LogP contribution is 2.31. The maximum absolute atomic E-state index is 13.0. The SMILES string of the molecule is Cc1ccc(C2(C)NC(=O)N(CC(=O)N3CCc4ccccc43)C2=O)cc1. The molecule has 27 heavy (non-hydrogen) atoms. The van der Waals surface area contributed by atoms with E-state index >= 15 is 0 Å². The van der Waals surface area contributed by atoms with Crippen molar-refractivity contribution in [3.63, 3.8) is 0 Å². The molecule has 1 saturated heterocycles. The van der Waals surface area contributed by atoms with Gasteiger partial charge in [0.05, 0.1) is 0 Å². The normalized spacial score (nSPS) is 21.4. The number of imide groups is 1. The van der Waals surface area contributed by atoms with Crippen molar-refractivity contribution in [3.8, 4) is 0 Å². The van der Waals surface area contributed by atoms with Gasteiger partial charge in [-0.15, -0.1) is 0 Å². The molecule has 0 bridgehead atoms. The maximum Gasteiger partial charge on any atom is 0.325 e. The smallest absolute Gasteiger partial charge is 0.319 e. The fourth-order valence-corrected chi connectivity index (χ4v) is 3.74. The molecule has 0 aliphatic carbocycles. The monoisotopic (exact) mass is 363 g/mol. The summed E-state index contributed by atoms with van der Waals surface area (Å²) < 4.78 is 0. The number of rotatable bonds is 3. The van der Waals surface area contributed by atoms with Crippen LogP contribution in [0.1, 0.15) is 23.6 Å². The van der Waals surface area contributed by atoms with Crippen LogP contribution < -0.4 is 10.2 Å². The quantitative estimate of drug-likeness (QED) is 0.851. The first-order valence-electron chi connectivity index (χ1n) is 9.00. The first-order valence-corrected chi connectivity index (χ1v) is 9.00. The molecule has 138 valence electrons. The van der Waals surface area contributed by atoms with Crippen LogP contribution in [0, 0.1) is 6.92 Å². The molecule has 2 aromatic carbocycles. The highest BCUT2D eigenvalue weighted by atomic mass is 16.2. The third kappa shape index (κ3) is 2.77. The Labute approximate surface area is 157 Å². The van der Waals surface area contributed by atoms with Crippen molar-refractivity contribution in [2.75, 3.05) is 18.0 Å². The van der Waals surface area contributed by atoms with Crippen molar-refractivity contribution in [2.24, 2.45) is 0 Å². The zero-order valence-electron chi connectivity index (χ0n) is 15.4. The second kappa shape index (κ2) is 6.23. The molecule has 4 rings (SSSR count). The number of urea groups is 1. The highest BCUT2D eigenvalue weighted by molar-refractivity contribution is 6.10. The average Bonchev–Trinajstić information content (AvgIpc) is 3.18. The van der Waals surface area contributed by atoms with Crippen LogP contribution in [0.25, 0.3) is 0 Å². The summed E-state index contributed by atoms with van der Waals surface area (Å²) in [5.41, 5.74) is 2.57. The van der Waals surface area contributed by atoms with E-state index in [4.69, 9.17) is 0 Å². The standard InChI is InChI=1S/C21H21N3O3/c1-14-7-9-16(10-8-14)21(2)19(26)24(20(27)22-21)13-18(25)23-12-11-15-5-3-4-6-17(15)23/h3-10H,11-13H2,1-2H3,(H,22,27). The molecular formula is C21H21N3O3. The fourth-order valence-electron chi connectivity index (χ4n) is 3.74. The van der Waals surface area contributed by atoms with E-state index in [0.717, 1.165) is 28.1 Å². The molecule has 4 amide bonds. The third-order valence-corrected chi connectivity index (χ3v) is 5.39. The molecule has 2 aliphatic rings. The molecule has 1 atom stereocenters. The lowest BCUT2D eigenvalue weighted by atomic mass is 9.91. The molecule has 6 nitrogen and oxygen atoms in total. The topological polar surface area (TPSA) is 69.7 Å². The summed E-state index contributed by atoms with van der Waals surface area (Å²) in [5.74, 6) is -0.659. The van der Waals surface area contributed by atoms with Crippen LogP contribution in [-0.2, 0) is 21.5 Å². The van der Waals surface area contributed by atoms with Crippen molar-refractivity contribution in [2.45, 2.75) is 25.8 Å². The van der Waals surface area contributed by atoms with Gasteiger partial charge in [-0.3, -0.25) is 14.5 Å². The van der Waals surface area contributed by atoms with Crippen LogP contribution in [0.4, 0.5) is 10.5 Å². The molecule has 0 radical (unpaired) electrons. The van der Waals surface area contributed by atoms with Gasteiger partial charge in [0.25, 0.3) is 5.91 Å². The van der Waals surface area contributed by atoms with Gasteiger partial charge in [-0.2, -0.15) is 0 Å². The average molecular weight is 363 g/mol. The van der Waals surface area contributed by atoms with Gasteiger partial charge in [-0.05, 0) is 37.5 Å². The van der Waals surface area contributed by atoms with Gasteiger partial charge in [0.2, 0.25) is 5.91 Å². The number of hydrogen-bond acceptors (Lipinski definition) is 3. The fraction of sp³-hybridized carbons (Fsp3) is 0.286. The third-order valence-electron chi connectivity index (χ3n) is 5.39. The zero-order chi connectivity index (χ0) is 19.2. The van der Waals surface area contributed by atoms with E-state index in [1.807, 2.05) is 55.5 Å². The van der Waals surface area contributed by atoms with E-state index in [2.05, 4.69) is 5.32 Å². The molecule has 1 unspecified atom stereocenters. The Morgan fingerprint density at radius 3 is 2.56 bits per heavy atom. The molecule has 2 heterocycles. The maximum atomic E-state index is 13.0. The molecule has 0 spiro atoms. The van der Waals surface area contributed by atoms with Crippen LogP contribution in [0.5, 0.6) is 0 Å². The van der Waals surface area contributed by atoms with Crippen LogP contribution in [0.15, 0.2) is 48.5 Å². The van der Waals surface area contributed by atoms with E-state index in [1.165, 1.54) is 0 Å². The lowest BCUT2D eigenvalue weighted by molar-refractivity contribution is -0.134. The Bertz CT molecular complexity index is 938. The summed E-state index contributed by atoms with van der Waals surface area (Å²) in [6.45, 7) is 3.94. The Morgan fingerprint density at radius 1 is 1.11 bits per heavy atom. The van der Waals surface area contributed by atoms with E-state index < -0.39 is 17.5 Å². The Hall–Kier alpha value is -3.15. The first-order chi connectivity index (χ1) is 12.9. The number of benzene rings is 2. The van der Waals surface area contributed by atoms with Crippen molar-refractivity contribution < 1.29 is 14.4 Å². The molecule has 0 saturated carbocycles. The number of aryl methyl sites for hydroxylation is 1. The van der Waals surface area contributed by atoms with Gasteiger partial charge in [0.1, 0.15) is 12.1 Å². The van der Waals surface area contributed by atoms with Crippen molar-refractivity contribution in [1.82, 2.24) is 10.2 Å². The number of amides is 4. The van der Waals surface area contributed by atoms with Crippen molar-refractivity contribution in [3.05, 3.63) is 65.2 Å². The molecular weight excluding hydrogens is 342 g/mol. The Balaban J connectivity index is 1.55. The van der Waals surface area contributed by atoms with Crippen LogP contribution >= 0.6 is 0 Å². The molecule has 2 aromatic rings. The minimum atomic E-state index is -1.16. The largest absolute Gasteiger partial charge is 0.325 e. The number of para-hydroxylation sites is 1. The molecule has 1 N–H and O–H groups in total. The summed E-state index contributed by atoms with van der Waals surface area (Å²) in [6, 6.07) is 14.6. The number of carbonyl (C=O) groups excluding carboxylic acids is 3. The number of nitrogens with one attached hydrogen (secondary N) is 1. The molecule has 1 fully saturated rings. The van der Waals surface area contributed by atoms with Gasteiger partial charge in [0.15, 0.2) is 0 Å². The molecule has 2 aliphatic heterocycles. The van der Waals surface area contributed by atoms with E-state index in [9.17, 15) is 14.4 Å². The zero-order valence-corrected chi connectivity index (χ0v) is 15.4. The minimum absolute atomic E-state index is 0.253. The number of hydrogen-bond donors (Lipinski definition) is 1. The predicted molar refractivity (Wildman–Crippen MR) is 101 cm³/mol. The minimum Gasteiger partial charge on any atom is -0.319 e. The summed E-state index contributed by atoms with van der Waals surface area (Å²) in [6.07, 6.45) is 0.781.